The SMILES string of the molecule is Cc1ccc(N)c(CNc2nc(NCCC(C)(C)O)nc3c2ncn3Cc2ccccc2)c1. The highest BCUT2D eigenvalue weighted by molar-refractivity contribution is 5.84. The third kappa shape index (κ3) is 5.78. The van der Waals surface area contributed by atoms with Crippen molar-refractivity contribution in [3.63, 3.8) is 0 Å². The fraction of sp³-hybridized carbons (Fsp3) is 0.320. The summed E-state index contributed by atoms with van der Waals surface area (Å²) in [6.45, 7) is 7.34. The minimum Gasteiger partial charge on any atom is -0.398 e. The standard InChI is InChI=1S/C25H31N7O/c1-17-9-10-20(26)19(13-17)14-28-22-21-23(31-24(30-22)27-12-11-25(2,3)33)32(16-29-21)15-18-7-5-4-6-8-18/h4-10,13,16,33H,11-12,14-15,26H2,1-3H3,(H2,27,28,30,31). The minimum absolute atomic E-state index is 0.487. The number of nitrogens with one attached hydrogen (secondary N) is 2. The van der Waals surface area contributed by atoms with Gasteiger partial charge in [0.05, 0.1) is 18.5 Å². The monoisotopic (exact) mass is 445 g/mol. The molecular formula is C25H31N7O. The Bertz CT molecular complexity index is 1230. The molecule has 172 valence electrons. The summed E-state index contributed by atoms with van der Waals surface area (Å²) < 4.78 is 2.01. The molecule has 0 aliphatic heterocycles. The van der Waals surface area contributed by atoms with Gasteiger partial charge in [-0.25, -0.2) is 4.98 Å². The van der Waals surface area contributed by atoms with Crippen LogP contribution in [0.15, 0.2) is 54.9 Å². The number of nitrogens with two attached hydrogens (primary N) is 1. The van der Waals surface area contributed by atoms with Gasteiger partial charge < -0.3 is 26.0 Å². The summed E-state index contributed by atoms with van der Waals surface area (Å²) in [5.41, 5.74) is 10.9. The van der Waals surface area contributed by atoms with Crippen LogP contribution in [-0.2, 0) is 13.1 Å². The second kappa shape index (κ2) is 9.46. The van der Waals surface area contributed by atoms with Crippen LogP contribution in [0.3, 0.4) is 0 Å². The van der Waals surface area contributed by atoms with Crippen molar-refractivity contribution in [3.8, 4) is 0 Å². The Morgan fingerprint density at radius 2 is 1.85 bits per heavy atom. The number of nitrogens with zero attached hydrogens (tertiary/aromatic N) is 4. The van der Waals surface area contributed by atoms with Gasteiger partial charge in [0, 0.05) is 18.8 Å². The number of rotatable bonds is 9. The maximum atomic E-state index is 10.0. The van der Waals surface area contributed by atoms with Gasteiger partial charge in [-0.05, 0) is 44.4 Å². The zero-order valence-electron chi connectivity index (χ0n) is 19.3. The lowest BCUT2D eigenvalue weighted by Crippen LogP contribution is -2.23. The maximum absolute atomic E-state index is 10.0. The van der Waals surface area contributed by atoms with E-state index in [-0.39, 0.29) is 0 Å². The van der Waals surface area contributed by atoms with Crippen molar-refractivity contribution in [2.75, 3.05) is 22.9 Å². The zero-order valence-corrected chi connectivity index (χ0v) is 19.3. The Morgan fingerprint density at radius 3 is 2.61 bits per heavy atom. The molecule has 5 N–H and O–H groups in total. The molecule has 2 aromatic carbocycles. The summed E-state index contributed by atoms with van der Waals surface area (Å²) in [6, 6.07) is 16.2. The van der Waals surface area contributed by atoms with E-state index in [1.54, 1.807) is 20.2 Å². The fourth-order valence-corrected chi connectivity index (χ4v) is 3.59. The van der Waals surface area contributed by atoms with Crippen LogP contribution in [0.2, 0.25) is 0 Å². The summed E-state index contributed by atoms with van der Waals surface area (Å²) in [6.07, 6.45) is 2.36. The van der Waals surface area contributed by atoms with Gasteiger partial charge in [0.15, 0.2) is 17.0 Å². The first-order valence-electron chi connectivity index (χ1n) is 11.1. The van der Waals surface area contributed by atoms with E-state index >= 15 is 0 Å². The molecule has 8 heteroatoms. The molecule has 4 aromatic rings. The predicted octanol–water partition coefficient (Wildman–Crippen LogP) is 3.95. The van der Waals surface area contributed by atoms with Crippen molar-refractivity contribution in [2.24, 2.45) is 0 Å². The van der Waals surface area contributed by atoms with E-state index in [1.165, 1.54) is 0 Å². The number of aromatic nitrogens is 4. The van der Waals surface area contributed by atoms with E-state index in [0.29, 0.717) is 43.3 Å². The molecule has 0 saturated heterocycles. The highest BCUT2D eigenvalue weighted by Crippen LogP contribution is 2.24. The van der Waals surface area contributed by atoms with Crippen molar-refractivity contribution < 1.29 is 5.11 Å². The van der Waals surface area contributed by atoms with Gasteiger partial charge in [0.25, 0.3) is 0 Å². The topological polar surface area (TPSA) is 114 Å². The molecule has 0 spiro atoms. The van der Waals surface area contributed by atoms with Crippen molar-refractivity contribution in [3.05, 3.63) is 71.5 Å². The number of imidazole rings is 1. The molecule has 0 aliphatic rings. The fourth-order valence-electron chi connectivity index (χ4n) is 3.59. The largest absolute Gasteiger partial charge is 0.398 e. The van der Waals surface area contributed by atoms with Gasteiger partial charge in [0.2, 0.25) is 5.95 Å². The average molecular weight is 446 g/mol. The summed E-state index contributed by atoms with van der Waals surface area (Å²) in [7, 11) is 0. The molecule has 0 aliphatic carbocycles. The molecule has 0 amide bonds. The van der Waals surface area contributed by atoms with E-state index in [9.17, 15) is 5.11 Å². The Labute approximate surface area is 193 Å². The lowest BCUT2D eigenvalue weighted by molar-refractivity contribution is 0.0748. The molecule has 0 atom stereocenters. The zero-order chi connectivity index (χ0) is 23.4. The number of fused-ring (bicyclic) bond motifs is 1. The molecule has 8 nitrogen and oxygen atoms in total. The molecule has 2 heterocycles. The second-order valence-corrected chi connectivity index (χ2v) is 8.97. The molecule has 33 heavy (non-hydrogen) atoms. The number of benzene rings is 2. The average Bonchev–Trinajstić information content (AvgIpc) is 3.17. The van der Waals surface area contributed by atoms with Gasteiger partial charge in [-0.1, -0.05) is 48.0 Å². The van der Waals surface area contributed by atoms with Crippen LogP contribution in [0.25, 0.3) is 11.2 Å². The quantitative estimate of drug-likeness (QED) is 0.288. The number of anilines is 3. The van der Waals surface area contributed by atoms with Crippen molar-refractivity contribution >= 4 is 28.6 Å². The third-order valence-electron chi connectivity index (χ3n) is 5.42. The van der Waals surface area contributed by atoms with E-state index in [2.05, 4.69) is 38.8 Å². The normalized spacial score (nSPS) is 11.6. The number of aryl methyl sites for hydroxylation is 1. The first kappa shape index (κ1) is 22.5. The number of aliphatic hydroxyl groups is 1. The highest BCUT2D eigenvalue weighted by Gasteiger charge is 2.16. The third-order valence-corrected chi connectivity index (χ3v) is 5.42. The van der Waals surface area contributed by atoms with Crippen molar-refractivity contribution in [2.45, 2.75) is 45.9 Å². The van der Waals surface area contributed by atoms with Gasteiger partial charge in [-0.3, -0.25) is 0 Å². The molecule has 0 unspecified atom stereocenters. The van der Waals surface area contributed by atoms with Crippen LogP contribution in [0.4, 0.5) is 17.5 Å². The van der Waals surface area contributed by atoms with E-state index < -0.39 is 5.60 Å². The van der Waals surface area contributed by atoms with Crippen molar-refractivity contribution in [1.29, 1.82) is 0 Å². The lowest BCUT2D eigenvalue weighted by atomic mass is 10.1. The first-order chi connectivity index (χ1) is 15.8. The summed E-state index contributed by atoms with van der Waals surface area (Å²) in [5, 5.41) is 16.7. The van der Waals surface area contributed by atoms with E-state index in [4.69, 9.17) is 10.7 Å². The maximum Gasteiger partial charge on any atom is 0.226 e. The Kier molecular flexibility index (Phi) is 6.46. The summed E-state index contributed by atoms with van der Waals surface area (Å²) in [4.78, 5) is 14.0. The van der Waals surface area contributed by atoms with E-state index in [0.717, 1.165) is 28.0 Å². The van der Waals surface area contributed by atoms with Crippen LogP contribution >= 0.6 is 0 Å². The van der Waals surface area contributed by atoms with Crippen LogP contribution in [0.1, 0.15) is 37.0 Å². The number of hydrogen-bond acceptors (Lipinski definition) is 7. The summed E-state index contributed by atoms with van der Waals surface area (Å²) >= 11 is 0. The molecule has 0 bridgehead atoms. The van der Waals surface area contributed by atoms with Crippen LogP contribution in [0, 0.1) is 6.92 Å². The molecule has 0 saturated carbocycles. The molecule has 4 rings (SSSR count). The predicted molar refractivity (Wildman–Crippen MR) is 133 cm³/mol. The smallest absolute Gasteiger partial charge is 0.226 e. The Morgan fingerprint density at radius 1 is 1.06 bits per heavy atom. The van der Waals surface area contributed by atoms with E-state index in [1.807, 2.05) is 41.8 Å². The second-order valence-electron chi connectivity index (χ2n) is 8.97. The molecule has 0 radical (unpaired) electrons. The number of hydrogen-bond donors (Lipinski definition) is 4. The van der Waals surface area contributed by atoms with Crippen LogP contribution in [-0.4, -0.2) is 36.8 Å². The van der Waals surface area contributed by atoms with Crippen molar-refractivity contribution in [1.82, 2.24) is 19.5 Å². The van der Waals surface area contributed by atoms with Crippen LogP contribution < -0.4 is 16.4 Å². The molecular weight excluding hydrogens is 414 g/mol. The van der Waals surface area contributed by atoms with Gasteiger partial charge in [-0.2, -0.15) is 9.97 Å². The van der Waals surface area contributed by atoms with Crippen LogP contribution in [0.5, 0.6) is 0 Å². The number of nitrogen functional groups attached to an aromatic ring is 1. The highest BCUT2D eigenvalue weighted by atomic mass is 16.3. The molecule has 0 fully saturated rings. The Hall–Kier alpha value is -3.65. The Balaban J connectivity index is 1.65. The first-order valence-corrected chi connectivity index (χ1v) is 11.1. The lowest BCUT2D eigenvalue weighted by Gasteiger charge is -2.17. The van der Waals surface area contributed by atoms with Gasteiger partial charge >= 0.3 is 0 Å². The summed E-state index contributed by atoms with van der Waals surface area (Å²) in [5.74, 6) is 1.12. The minimum atomic E-state index is -0.768. The molecule has 2 aromatic heterocycles. The van der Waals surface area contributed by atoms with Gasteiger partial charge in [-0.15, -0.1) is 0 Å². The van der Waals surface area contributed by atoms with Gasteiger partial charge in [0.1, 0.15) is 0 Å².